The Hall–Kier alpha value is -2.86. The molecule has 0 aliphatic heterocycles. The average molecular weight is 358 g/mol. The summed E-state index contributed by atoms with van der Waals surface area (Å²) in [4.78, 5) is 28.5. The monoisotopic (exact) mass is 357 g/mol. The molecule has 0 bridgehead atoms. The number of imidazole rings is 1. The molecule has 0 aliphatic carbocycles. The van der Waals surface area contributed by atoms with Crippen LogP contribution in [0.3, 0.4) is 0 Å². The molecule has 2 heterocycles. The van der Waals surface area contributed by atoms with E-state index in [1.54, 1.807) is 16.7 Å². The number of anilines is 1. The summed E-state index contributed by atoms with van der Waals surface area (Å²) >= 11 is 5.86. The normalized spacial score (nSPS) is 10.8. The highest BCUT2D eigenvalue weighted by atomic mass is 35.5. The van der Waals surface area contributed by atoms with E-state index < -0.39 is 5.97 Å². The molecule has 1 aromatic carbocycles. The lowest BCUT2D eigenvalue weighted by molar-refractivity contribution is 0.0696. The number of aromatic nitrogens is 2. The smallest absolute Gasteiger partial charge is 0.337 e. The summed E-state index contributed by atoms with van der Waals surface area (Å²) in [5.41, 5.74) is 2.15. The molecule has 0 fully saturated rings. The Labute approximate surface area is 149 Å². The Morgan fingerprint density at radius 3 is 2.80 bits per heavy atom. The van der Waals surface area contributed by atoms with Crippen LogP contribution in [0, 0.1) is 0 Å². The second-order valence-corrected chi connectivity index (χ2v) is 5.95. The number of halogens is 1. The topological polar surface area (TPSA) is 83.7 Å². The van der Waals surface area contributed by atoms with Crippen molar-refractivity contribution in [2.75, 3.05) is 5.32 Å². The lowest BCUT2D eigenvalue weighted by Gasteiger charge is -2.08. The number of amides is 1. The molecule has 1 amide bonds. The molecular weight excluding hydrogens is 342 g/mol. The number of hydrogen-bond donors (Lipinski definition) is 2. The number of pyridine rings is 1. The molecule has 7 heteroatoms. The van der Waals surface area contributed by atoms with E-state index in [1.807, 2.05) is 25.1 Å². The van der Waals surface area contributed by atoms with Crippen LogP contribution < -0.4 is 5.32 Å². The van der Waals surface area contributed by atoms with Gasteiger partial charge < -0.3 is 10.4 Å². The van der Waals surface area contributed by atoms with Crippen molar-refractivity contribution in [3.8, 4) is 0 Å². The first-order valence-electron chi connectivity index (χ1n) is 7.81. The number of aromatic carboxylic acids is 1. The van der Waals surface area contributed by atoms with E-state index in [9.17, 15) is 9.59 Å². The number of hydrogen-bond acceptors (Lipinski definition) is 3. The van der Waals surface area contributed by atoms with E-state index in [0.717, 1.165) is 6.42 Å². The summed E-state index contributed by atoms with van der Waals surface area (Å²) in [5, 5.41) is 12.0. The van der Waals surface area contributed by atoms with E-state index in [4.69, 9.17) is 16.7 Å². The molecule has 0 radical (unpaired) electrons. The molecule has 0 saturated heterocycles. The quantitative estimate of drug-likeness (QED) is 0.725. The highest BCUT2D eigenvalue weighted by Gasteiger charge is 2.19. The SMILES string of the molecule is CCCc1nc2ccccn2c1C(=O)Nc1ccc(Cl)c(C(=O)O)c1. The van der Waals surface area contributed by atoms with Gasteiger partial charge in [0.1, 0.15) is 11.3 Å². The first-order valence-corrected chi connectivity index (χ1v) is 8.19. The molecular formula is C18H16ClN3O3. The minimum Gasteiger partial charge on any atom is -0.478 e. The van der Waals surface area contributed by atoms with Gasteiger partial charge in [0.15, 0.2) is 0 Å². The number of rotatable bonds is 5. The van der Waals surface area contributed by atoms with Crippen LogP contribution in [0.15, 0.2) is 42.6 Å². The highest BCUT2D eigenvalue weighted by molar-refractivity contribution is 6.33. The minimum atomic E-state index is -1.15. The summed E-state index contributed by atoms with van der Waals surface area (Å²) in [6.07, 6.45) is 3.31. The van der Waals surface area contributed by atoms with Crippen LogP contribution in [0.1, 0.15) is 39.9 Å². The van der Waals surface area contributed by atoms with Crippen molar-refractivity contribution >= 4 is 34.8 Å². The summed E-state index contributed by atoms with van der Waals surface area (Å²) in [6, 6.07) is 9.87. The number of carbonyl (C=O) groups is 2. The molecule has 25 heavy (non-hydrogen) atoms. The molecule has 0 unspecified atom stereocenters. The zero-order valence-electron chi connectivity index (χ0n) is 13.5. The van der Waals surface area contributed by atoms with Gasteiger partial charge in [-0.05, 0) is 36.8 Å². The first-order chi connectivity index (χ1) is 12.0. The van der Waals surface area contributed by atoms with Crippen LogP contribution in [0.4, 0.5) is 5.69 Å². The molecule has 3 aromatic rings. The van der Waals surface area contributed by atoms with Crippen molar-refractivity contribution < 1.29 is 14.7 Å². The Balaban J connectivity index is 1.99. The predicted molar refractivity (Wildman–Crippen MR) is 95.6 cm³/mol. The van der Waals surface area contributed by atoms with Gasteiger partial charge in [-0.3, -0.25) is 9.20 Å². The number of carboxylic acid groups (broad SMARTS) is 1. The summed E-state index contributed by atoms with van der Waals surface area (Å²) in [6.45, 7) is 2.02. The molecule has 0 atom stereocenters. The lowest BCUT2D eigenvalue weighted by Crippen LogP contribution is -2.16. The van der Waals surface area contributed by atoms with E-state index in [0.29, 0.717) is 29.1 Å². The van der Waals surface area contributed by atoms with Crippen LogP contribution in [-0.2, 0) is 6.42 Å². The molecule has 6 nitrogen and oxygen atoms in total. The second kappa shape index (κ2) is 6.94. The third-order valence-electron chi connectivity index (χ3n) is 3.76. The fourth-order valence-electron chi connectivity index (χ4n) is 2.65. The van der Waals surface area contributed by atoms with E-state index in [-0.39, 0.29) is 16.5 Å². The van der Waals surface area contributed by atoms with Crippen molar-refractivity contribution in [3.05, 3.63) is 64.6 Å². The Morgan fingerprint density at radius 2 is 2.08 bits per heavy atom. The van der Waals surface area contributed by atoms with Crippen LogP contribution in [0.2, 0.25) is 5.02 Å². The molecule has 0 aliphatic rings. The van der Waals surface area contributed by atoms with Gasteiger partial charge in [0, 0.05) is 11.9 Å². The van der Waals surface area contributed by atoms with Gasteiger partial charge >= 0.3 is 5.97 Å². The number of benzene rings is 1. The summed E-state index contributed by atoms with van der Waals surface area (Å²) in [5.74, 6) is -1.50. The molecule has 0 saturated carbocycles. The van der Waals surface area contributed by atoms with Crippen LogP contribution in [0.5, 0.6) is 0 Å². The van der Waals surface area contributed by atoms with Crippen LogP contribution in [-0.4, -0.2) is 26.4 Å². The summed E-state index contributed by atoms with van der Waals surface area (Å²) in [7, 11) is 0. The minimum absolute atomic E-state index is 0.0635. The van der Waals surface area contributed by atoms with E-state index in [2.05, 4.69) is 10.3 Å². The molecule has 128 valence electrons. The number of carboxylic acids is 1. The Morgan fingerprint density at radius 1 is 1.28 bits per heavy atom. The van der Waals surface area contributed by atoms with Crippen molar-refractivity contribution in [3.63, 3.8) is 0 Å². The number of aryl methyl sites for hydroxylation is 1. The van der Waals surface area contributed by atoms with Gasteiger partial charge in [-0.2, -0.15) is 0 Å². The molecule has 2 N–H and O–H groups in total. The molecule has 3 rings (SSSR count). The fourth-order valence-corrected chi connectivity index (χ4v) is 2.85. The van der Waals surface area contributed by atoms with Gasteiger partial charge in [-0.15, -0.1) is 0 Å². The molecule has 2 aromatic heterocycles. The largest absolute Gasteiger partial charge is 0.478 e. The van der Waals surface area contributed by atoms with Crippen molar-refractivity contribution in [1.82, 2.24) is 9.38 Å². The van der Waals surface area contributed by atoms with Crippen molar-refractivity contribution in [2.24, 2.45) is 0 Å². The molecule has 0 spiro atoms. The zero-order valence-corrected chi connectivity index (χ0v) is 14.2. The maximum Gasteiger partial charge on any atom is 0.337 e. The zero-order chi connectivity index (χ0) is 18.0. The number of nitrogens with zero attached hydrogens (tertiary/aromatic N) is 2. The third kappa shape index (κ3) is 3.34. The van der Waals surface area contributed by atoms with E-state index >= 15 is 0 Å². The van der Waals surface area contributed by atoms with Gasteiger partial charge in [-0.25, -0.2) is 9.78 Å². The fraction of sp³-hybridized carbons (Fsp3) is 0.167. The maximum absolute atomic E-state index is 12.8. The van der Waals surface area contributed by atoms with Gasteiger partial charge in [0.2, 0.25) is 0 Å². The number of carbonyl (C=O) groups excluding carboxylic acids is 1. The average Bonchev–Trinajstić information content (AvgIpc) is 2.94. The third-order valence-corrected chi connectivity index (χ3v) is 4.09. The Kier molecular flexibility index (Phi) is 4.72. The van der Waals surface area contributed by atoms with Crippen LogP contribution >= 0.6 is 11.6 Å². The van der Waals surface area contributed by atoms with Gasteiger partial charge in [-0.1, -0.05) is 31.0 Å². The first kappa shape index (κ1) is 17.0. The highest BCUT2D eigenvalue weighted by Crippen LogP contribution is 2.22. The number of nitrogens with one attached hydrogen (secondary N) is 1. The van der Waals surface area contributed by atoms with Crippen molar-refractivity contribution in [2.45, 2.75) is 19.8 Å². The van der Waals surface area contributed by atoms with Crippen molar-refractivity contribution in [1.29, 1.82) is 0 Å². The van der Waals surface area contributed by atoms with E-state index in [1.165, 1.54) is 12.1 Å². The number of fused-ring (bicyclic) bond motifs is 1. The van der Waals surface area contributed by atoms with Gasteiger partial charge in [0.25, 0.3) is 5.91 Å². The standard InChI is InChI=1S/C18H16ClN3O3/c1-2-5-14-16(22-9-4-3-6-15(22)21-14)17(23)20-11-7-8-13(19)12(10-11)18(24)25/h3-4,6-10H,2,5H2,1H3,(H,20,23)(H,24,25). The maximum atomic E-state index is 12.8. The summed E-state index contributed by atoms with van der Waals surface area (Å²) < 4.78 is 1.73. The second-order valence-electron chi connectivity index (χ2n) is 5.54. The Bertz CT molecular complexity index is 965. The van der Waals surface area contributed by atoms with Gasteiger partial charge in [0.05, 0.1) is 16.3 Å². The predicted octanol–water partition coefficient (Wildman–Crippen LogP) is 3.89. The van der Waals surface area contributed by atoms with Crippen LogP contribution in [0.25, 0.3) is 5.65 Å². The lowest BCUT2D eigenvalue weighted by atomic mass is 10.1.